The van der Waals surface area contributed by atoms with Gasteiger partial charge in [0.15, 0.2) is 0 Å². The van der Waals surface area contributed by atoms with Gasteiger partial charge in [-0.05, 0) is 13.8 Å². The number of imide groups is 1. The minimum Gasteiger partial charge on any atom is -0.395 e. The fourth-order valence-corrected chi connectivity index (χ4v) is 1.67. The highest BCUT2D eigenvalue weighted by atomic mass is 16.3. The molecule has 1 heterocycles. The van der Waals surface area contributed by atoms with Gasteiger partial charge in [-0.3, -0.25) is 14.6 Å². The average molecular weight is 229 g/mol. The Morgan fingerprint density at radius 1 is 1.44 bits per heavy atom. The maximum Gasteiger partial charge on any atom is 0.324 e. The second-order valence-corrected chi connectivity index (χ2v) is 4.06. The zero-order chi connectivity index (χ0) is 12.1. The Labute approximate surface area is 95.2 Å². The average Bonchev–Trinajstić information content (AvgIpc) is 2.54. The zero-order valence-electron chi connectivity index (χ0n) is 9.77. The minimum absolute atomic E-state index is 0.0817. The second-order valence-electron chi connectivity index (χ2n) is 4.06. The Bertz CT molecular complexity index is 252. The Morgan fingerprint density at radius 2 is 2.12 bits per heavy atom. The first-order valence-corrected chi connectivity index (χ1v) is 5.49. The number of urea groups is 1. The lowest BCUT2D eigenvalue weighted by Gasteiger charge is -2.26. The van der Waals surface area contributed by atoms with E-state index in [0.29, 0.717) is 19.6 Å². The minimum atomic E-state index is -0.322. The molecule has 0 unspecified atom stereocenters. The van der Waals surface area contributed by atoms with Gasteiger partial charge in [-0.25, -0.2) is 4.79 Å². The number of aliphatic hydroxyl groups is 1. The molecule has 1 fully saturated rings. The quantitative estimate of drug-likeness (QED) is 0.587. The van der Waals surface area contributed by atoms with Crippen molar-refractivity contribution in [1.82, 2.24) is 15.1 Å². The molecule has 16 heavy (non-hydrogen) atoms. The molecule has 0 spiro atoms. The third-order valence-corrected chi connectivity index (χ3v) is 2.67. The molecule has 6 nitrogen and oxygen atoms in total. The largest absolute Gasteiger partial charge is 0.395 e. The van der Waals surface area contributed by atoms with E-state index >= 15 is 0 Å². The van der Waals surface area contributed by atoms with E-state index < -0.39 is 0 Å². The molecular formula is C10H19N3O3. The predicted molar refractivity (Wildman–Crippen MR) is 58.9 cm³/mol. The third-order valence-electron chi connectivity index (χ3n) is 2.67. The number of hydrogen-bond acceptors (Lipinski definition) is 4. The van der Waals surface area contributed by atoms with E-state index in [0.717, 1.165) is 0 Å². The summed E-state index contributed by atoms with van der Waals surface area (Å²) in [5, 5.41) is 11.4. The molecule has 1 aliphatic heterocycles. The fourth-order valence-electron chi connectivity index (χ4n) is 1.67. The first-order chi connectivity index (χ1) is 7.56. The van der Waals surface area contributed by atoms with Crippen molar-refractivity contribution in [1.29, 1.82) is 0 Å². The van der Waals surface area contributed by atoms with Crippen molar-refractivity contribution >= 4 is 11.9 Å². The van der Waals surface area contributed by atoms with Crippen LogP contribution in [-0.2, 0) is 4.79 Å². The van der Waals surface area contributed by atoms with Gasteiger partial charge in [-0.2, -0.15) is 0 Å². The van der Waals surface area contributed by atoms with Crippen LogP contribution in [0.2, 0.25) is 0 Å². The first kappa shape index (κ1) is 12.9. The molecule has 0 atom stereocenters. The number of carbonyl (C=O) groups excluding carboxylic acids is 2. The van der Waals surface area contributed by atoms with E-state index in [4.69, 9.17) is 5.11 Å². The van der Waals surface area contributed by atoms with Gasteiger partial charge < -0.3 is 10.4 Å². The van der Waals surface area contributed by atoms with Crippen LogP contribution in [0.1, 0.15) is 13.8 Å². The standard InChI is InChI=1S/C10H19N3O3/c1-8(2)12(5-6-14)3-4-13-9(15)7-11-10(13)16/h8,14H,3-7H2,1-2H3,(H,11,16). The molecule has 6 heteroatoms. The molecule has 0 aromatic carbocycles. The van der Waals surface area contributed by atoms with E-state index in [1.165, 1.54) is 4.90 Å². The lowest BCUT2D eigenvalue weighted by molar-refractivity contribution is -0.125. The van der Waals surface area contributed by atoms with E-state index in [1.54, 1.807) is 0 Å². The number of nitrogens with one attached hydrogen (secondary N) is 1. The highest BCUT2D eigenvalue weighted by Crippen LogP contribution is 2.02. The summed E-state index contributed by atoms with van der Waals surface area (Å²) < 4.78 is 0. The fraction of sp³-hybridized carbons (Fsp3) is 0.800. The first-order valence-electron chi connectivity index (χ1n) is 5.49. The van der Waals surface area contributed by atoms with E-state index in [-0.39, 0.29) is 31.1 Å². The summed E-state index contributed by atoms with van der Waals surface area (Å²) in [5.41, 5.74) is 0. The molecule has 0 aromatic rings. The number of hydrogen-bond donors (Lipinski definition) is 2. The summed E-state index contributed by atoms with van der Waals surface area (Å²) in [6.07, 6.45) is 0. The van der Waals surface area contributed by atoms with Crippen molar-refractivity contribution in [3.63, 3.8) is 0 Å². The Balaban J connectivity index is 2.42. The zero-order valence-corrected chi connectivity index (χ0v) is 9.77. The molecule has 2 N–H and O–H groups in total. The van der Waals surface area contributed by atoms with Gasteiger partial charge in [0, 0.05) is 25.7 Å². The van der Waals surface area contributed by atoms with Crippen LogP contribution in [0.25, 0.3) is 0 Å². The second kappa shape index (κ2) is 5.81. The van der Waals surface area contributed by atoms with Crippen LogP contribution >= 0.6 is 0 Å². The van der Waals surface area contributed by atoms with Crippen molar-refractivity contribution < 1.29 is 14.7 Å². The number of nitrogens with zero attached hydrogens (tertiary/aromatic N) is 2. The highest BCUT2D eigenvalue weighted by Gasteiger charge is 2.28. The number of amides is 3. The topological polar surface area (TPSA) is 72.9 Å². The van der Waals surface area contributed by atoms with Crippen LogP contribution < -0.4 is 5.32 Å². The lowest BCUT2D eigenvalue weighted by atomic mass is 10.3. The maximum atomic E-state index is 11.3. The molecule has 0 radical (unpaired) electrons. The summed E-state index contributed by atoms with van der Waals surface area (Å²) in [5.74, 6) is -0.183. The van der Waals surface area contributed by atoms with Gasteiger partial charge in [0.2, 0.25) is 5.91 Å². The smallest absolute Gasteiger partial charge is 0.324 e. The molecule has 1 rings (SSSR count). The molecule has 0 aromatic heterocycles. The summed E-state index contributed by atoms with van der Waals surface area (Å²) in [7, 11) is 0. The van der Waals surface area contributed by atoms with Gasteiger partial charge in [-0.1, -0.05) is 0 Å². The Kier molecular flexibility index (Phi) is 4.70. The number of aliphatic hydroxyl groups excluding tert-OH is 1. The summed E-state index contributed by atoms with van der Waals surface area (Å²) in [6, 6.07) is -0.0365. The van der Waals surface area contributed by atoms with E-state index in [9.17, 15) is 9.59 Å². The summed E-state index contributed by atoms with van der Waals surface area (Å²) in [4.78, 5) is 25.8. The van der Waals surface area contributed by atoms with Crippen molar-refractivity contribution in [2.75, 3.05) is 32.8 Å². The van der Waals surface area contributed by atoms with E-state index in [2.05, 4.69) is 5.32 Å². The van der Waals surface area contributed by atoms with Gasteiger partial charge >= 0.3 is 6.03 Å². The highest BCUT2D eigenvalue weighted by molar-refractivity contribution is 6.01. The normalized spacial score (nSPS) is 16.4. The van der Waals surface area contributed by atoms with Crippen LogP contribution in [0, 0.1) is 0 Å². The van der Waals surface area contributed by atoms with Crippen molar-refractivity contribution in [2.45, 2.75) is 19.9 Å². The third kappa shape index (κ3) is 3.18. The molecular weight excluding hydrogens is 210 g/mol. The molecule has 0 bridgehead atoms. The van der Waals surface area contributed by atoms with Crippen LogP contribution in [0.5, 0.6) is 0 Å². The van der Waals surface area contributed by atoms with Crippen LogP contribution in [-0.4, -0.2) is 65.7 Å². The summed E-state index contributed by atoms with van der Waals surface area (Å²) in [6.45, 7) is 5.74. The number of rotatable bonds is 6. The summed E-state index contributed by atoms with van der Waals surface area (Å²) >= 11 is 0. The van der Waals surface area contributed by atoms with Gasteiger partial charge in [0.05, 0.1) is 13.2 Å². The van der Waals surface area contributed by atoms with Crippen LogP contribution in [0.4, 0.5) is 4.79 Å². The van der Waals surface area contributed by atoms with Crippen molar-refractivity contribution in [3.8, 4) is 0 Å². The molecule has 3 amide bonds. The molecule has 1 aliphatic rings. The van der Waals surface area contributed by atoms with Crippen molar-refractivity contribution in [3.05, 3.63) is 0 Å². The van der Waals surface area contributed by atoms with E-state index in [1.807, 2.05) is 18.7 Å². The Hall–Kier alpha value is -1.14. The van der Waals surface area contributed by atoms with Gasteiger partial charge in [-0.15, -0.1) is 0 Å². The number of carbonyl (C=O) groups is 2. The predicted octanol–water partition coefficient (Wildman–Crippen LogP) is -0.759. The van der Waals surface area contributed by atoms with Gasteiger partial charge in [0.25, 0.3) is 0 Å². The lowest BCUT2D eigenvalue weighted by Crippen LogP contribution is -2.42. The van der Waals surface area contributed by atoms with Crippen LogP contribution in [0.3, 0.4) is 0 Å². The molecule has 0 saturated carbocycles. The molecule has 0 aliphatic carbocycles. The maximum absolute atomic E-state index is 11.3. The monoisotopic (exact) mass is 229 g/mol. The van der Waals surface area contributed by atoms with Crippen LogP contribution in [0.15, 0.2) is 0 Å². The molecule has 1 saturated heterocycles. The SMILES string of the molecule is CC(C)N(CCO)CCN1C(=O)CNC1=O. The van der Waals surface area contributed by atoms with Gasteiger partial charge in [0.1, 0.15) is 0 Å². The molecule has 92 valence electrons. The Morgan fingerprint density at radius 3 is 2.56 bits per heavy atom. The van der Waals surface area contributed by atoms with Crippen molar-refractivity contribution in [2.24, 2.45) is 0 Å².